The van der Waals surface area contributed by atoms with Gasteiger partial charge in [-0.3, -0.25) is 0 Å². The van der Waals surface area contributed by atoms with E-state index in [1.54, 1.807) is 11.3 Å². The number of ether oxygens (including phenoxy) is 1. The lowest BCUT2D eigenvalue weighted by atomic mass is 10.3. The van der Waals surface area contributed by atoms with Gasteiger partial charge < -0.3 is 10.1 Å². The molecule has 2 heterocycles. The third kappa shape index (κ3) is 4.96. The smallest absolute Gasteiger partial charge is 0.233 e. The molecule has 2 rings (SSSR count). The first-order valence-corrected chi connectivity index (χ1v) is 7.33. The first-order chi connectivity index (χ1) is 9.24. The van der Waals surface area contributed by atoms with Crippen LogP contribution in [0.3, 0.4) is 0 Å². The summed E-state index contributed by atoms with van der Waals surface area (Å²) in [5.74, 6) is 0.588. The largest absolute Gasteiger partial charge is 0.476 e. The molecule has 0 atom stereocenters. The summed E-state index contributed by atoms with van der Waals surface area (Å²) in [6.45, 7) is 5.59. The average Bonchev–Trinajstić information content (AvgIpc) is 2.91. The Morgan fingerprint density at radius 1 is 1.26 bits per heavy atom. The van der Waals surface area contributed by atoms with Crippen molar-refractivity contribution in [3.8, 4) is 5.88 Å². The van der Waals surface area contributed by atoms with Gasteiger partial charge in [-0.15, -0.1) is 16.4 Å². The lowest BCUT2D eigenvalue weighted by Gasteiger charge is -2.07. The Labute approximate surface area is 117 Å². The zero-order valence-electron chi connectivity index (χ0n) is 11.3. The molecule has 0 saturated heterocycles. The van der Waals surface area contributed by atoms with Crippen LogP contribution in [-0.2, 0) is 13.0 Å². The molecule has 0 amide bonds. The topological polar surface area (TPSA) is 47.0 Å². The Morgan fingerprint density at radius 2 is 2.16 bits per heavy atom. The van der Waals surface area contributed by atoms with Crippen molar-refractivity contribution < 1.29 is 4.74 Å². The van der Waals surface area contributed by atoms with Crippen molar-refractivity contribution in [2.45, 2.75) is 32.9 Å². The molecule has 0 aliphatic carbocycles. The molecule has 1 N–H and O–H groups in total. The Morgan fingerprint density at radius 3 is 2.79 bits per heavy atom. The van der Waals surface area contributed by atoms with Crippen LogP contribution in [0.2, 0.25) is 0 Å². The maximum absolute atomic E-state index is 5.57. The second kappa shape index (κ2) is 7.21. The van der Waals surface area contributed by atoms with E-state index in [-0.39, 0.29) is 0 Å². The van der Waals surface area contributed by atoms with Gasteiger partial charge in [0.1, 0.15) is 0 Å². The summed E-state index contributed by atoms with van der Waals surface area (Å²) < 4.78 is 5.57. The van der Waals surface area contributed by atoms with Crippen LogP contribution < -0.4 is 10.1 Å². The van der Waals surface area contributed by atoms with Crippen LogP contribution in [0.4, 0.5) is 0 Å². The molecule has 0 bridgehead atoms. The minimum Gasteiger partial charge on any atom is -0.476 e. The first kappa shape index (κ1) is 14.0. The van der Waals surface area contributed by atoms with Crippen molar-refractivity contribution in [3.05, 3.63) is 40.2 Å². The molecule has 0 aliphatic heterocycles. The summed E-state index contributed by atoms with van der Waals surface area (Å²) in [6, 6.07) is 8.43. The van der Waals surface area contributed by atoms with Crippen molar-refractivity contribution >= 4 is 11.3 Å². The highest BCUT2D eigenvalue weighted by atomic mass is 32.1. The second-order valence-corrected chi connectivity index (χ2v) is 5.61. The molecule has 4 nitrogen and oxygen atoms in total. The minimum atomic E-state index is 0.448. The zero-order chi connectivity index (χ0) is 13.5. The fraction of sp³-hybridized carbons (Fsp3) is 0.429. The van der Waals surface area contributed by atoms with Crippen molar-refractivity contribution in [2.75, 3.05) is 6.61 Å². The summed E-state index contributed by atoms with van der Waals surface area (Å²) in [4.78, 5) is 1.32. The number of nitrogens with zero attached hydrogens (tertiary/aromatic N) is 2. The molecule has 0 saturated carbocycles. The minimum absolute atomic E-state index is 0.448. The van der Waals surface area contributed by atoms with E-state index in [9.17, 15) is 0 Å². The summed E-state index contributed by atoms with van der Waals surface area (Å²) >= 11 is 1.75. The fourth-order valence-electron chi connectivity index (χ4n) is 1.54. The van der Waals surface area contributed by atoms with Crippen LogP contribution in [0.25, 0.3) is 0 Å². The molecule has 0 aromatic carbocycles. The summed E-state index contributed by atoms with van der Waals surface area (Å²) in [5.41, 5.74) is 0.930. The maximum Gasteiger partial charge on any atom is 0.233 e. The number of hydrogen-bond donors (Lipinski definition) is 1. The van der Waals surface area contributed by atoms with Crippen LogP contribution in [0.15, 0.2) is 29.6 Å². The van der Waals surface area contributed by atoms with Gasteiger partial charge in [-0.1, -0.05) is 19.9 Å². The van der Waals surface area contributed by atoms with Gasteiger partial charge in [0.25, 0.3) is 0 Å². The average molecular weight is 277 g/mol. The predicted octanol–water partition coefficient (Wildman–Crippen LogP) is 2.66. The Kier molecular flexibility index (Phi) is 5.30. The molecule has 0 fully saturated rings. The molecule has 0 radical (unpaired) electrons. The summed E-state index contributed by atoms with van der Waals surface area (Å²) in [5, 5.41) is 13.6. The molecular weight excluding hydrogens is 258 g/mol. The standard InChI is InChI=1S/C14H19N3OS/c1-11(2)15-10-12-5-6-14(17-16-12)18-8-7-13-4-3-9-19-13/h3-6,9,11,15H,7-8,10H2,1-2H3. The van der Waals surface area contributed by atoms with Gasteiger partial charge in [-0.25, -0.2) is 0 Å². The Bertz CT molecular complexity index is 468. The highest BCUT2D eigenvalue weighted by Gasteiger charge is 2.01. The lowest BCUT2D eigenvalue weighted by Crippen LogP contribution is -2.22. The Hall–Kier alpha value is -1.46. The number of aromatic nitrogens is 2. The number of thiophene rings is 1. The van der Waals surface area contributed by atoms with Gasteiger partial charge in [0, 0.05) is 30.0 Å². The number of hydrogen-bond acceptors (Lipinski definition) is 5. The van der Waals surface area contributed by atoms with E-state index in [1.165, 1.54) is 4.88 Å². The van der Waals surface area contributed by atoms with Crippen molar-refractivity contribution in [1.82, 2.24) is 15.5 Å². The molecule has 102 valence electrons. The molecule has 0 unspecified atom stereocenters. The van der Waals surface area contributed by atoms with Gasteiger partial charge in [0.05, 0.1) is 12.3 Å². The molecule has 0 spiro atoms. The van der Waals surface area contributed by atoms with E-state index < -0.39 is 0 Å². The van der Waals surface area contributed by atoms with Gasteiger partial charge in [-0.2, -0.15) is 5.10 Å². The van der Waals surface area contributed by atoms with Crippen LogP contribution in [0.5, 0.6) is 5.88 Å². The Balaban J connectivity index is 1.75. The van der Waals surface area contributed by atoms with Gasteiger partial charge in [-0.05, 0) is 17.5 Å². The van der Waals surface area contributed by atoms with E-state index in [4.69, 9.17) is 4.74 Å². The SMILES string of the molecule is CC(C)NCc1ccc(OCCc2cccs2)nn1. The predicted molar refractivity (Wildman–Crippen MR) is 77.5 cm³/mol. The van der Waals surface area contributed by atoms with Gasteiger partial charge in [0.2, 0.25) is 5.88 Å². The number of nitrogens with one attached hydrogen (secondary N) is 1. The maximum atomic E-state index is 5.57. The third-order valence-corrected chi connectivity index (χ3v) is 3.50. The number of rotatable bonds is 7. The molecule has 19 heavy (non-hydrogen) atoms. The summed E-state index contributed by atoms with van der Waals surface area (Å²) in [7, 11) is 0. The van der Waals surface area contributed by atoms with Gasteiger partial charge in [0.15, 0.2) is 0 Å². The highest BCUT2D eigenvalue weighted by Crippen LogP contribution is 2.10. The quantitative estimate of drug-likeness (QED) is 0.845. The van der Waals surface area contributed by atoms with Crippen LogP contribution in [0.1, 0.15) is 24.4 Å². The van der Waals surface area contributed by atoms with Crippen LogP contribution in [0, 0.1) is 0 Å². The molecule has 2 aromatic rings. The molecule has 2 aromatic heterocycles. The highest BCUT2D eigenvalue weighted by molar-refractivity contribution is 7.09. The van der Waals surface area contributed by atoms with Crippen molar-refractivity contribution in [3.63, 3.8) is 0 Å². The zero-order valence-corrected chi connectivity index (χ0v) is 12.1. The second-order valence-electron chi connectivity index (χ2n) is 4.58. The van der Waals surface area contributed by atoms with E-state index in [1.807, 2.05) is 12.1 Å². The summed E-state index contributed by atoms with van der Waals surface area (Å²) in [6.07, 6.45) is 0.913. The van der Waals surface area contributed by atoms with Crippen molar-refractivity contribution in [1.29, 1.82) is 0 Å². The van der Waals surface area contributed by atoms with Crippen LogP contribution >= 0.6 is 11.3 Å². The van der Waals surface area contributed by atoms with Crippen molar-refractivity contribution in [2.24, 2.45) is 0 Å². The van der Waals surface area contributed by atoms with E-state index in [2.05, 4.69) is 46.9 Å². The lowest BCUT2D eigenvalue weighted by molar-refractivity contribution is 0.306. The first-order valence-electron chi connectivity index (χ1n) is 6.45. The van der Waals surface area contributed by atoms with E-state index >= 15 is 0 Å². The monoisotopic (exact) mass is 277 g/mol. The molecule has 0 aliphatic rings. The molecular formula is C14H19N3OS. The fourth-order valence-corrected chi connectivity index (χ4v) is 2.23. The molecule has 5 heteroatoms. The van der Waals surface area contributed by atoms with Gasteiger partial charge >= 0.3 is 0 Å². The van der Waals surface area contributed by atoms with E-state index in [0.29, 0.717) is 18.5 Å². The normalized spacial score (nSPS) is 10.9. The van der Waals surface area contributed by atoms with Crippen LogP contribution in [-0.4, -0.2) is 22.8 Å². The van der Waals surface area contributed by atoms with E-state index in [0.717, 1.165) is 18.7 Å². The third-order valence-electron chi connectivity index (χ3n) is 2.57.